The number of aliphatic imine (C=N–C) groups is 1. The third-order valence-corrected chi connectivity index (χ3v) is 4.65. The first-order valence-corrected chi connectivity index (χ1v) is 9.17. The summed E-state index contributed by atoms with van der Waals surface area (Å²) in [6.07, 6.45) is 2.62. The van der Waals surface area contributed by atoms with Gasteiger partial charge in [0.25, 0.3) is 0 Å². The minimum atomic E-state index is 0. The summed E-state index contributed by atoms with van der Waals surface area (Å²) >= 11 is 0. The van der Waals surface area contributed by atoms with Crippen LogP contribution in [0.4, 0.5) is 0 Å². The summed E-state index contributed by atoms with van der Waals surface area (Å²) in [5, 5.41) is 6.94. The lowest BCUT2D eigenvalue weighted by atomic mass is 10.1. The van der Waals surface area contributed by atoms with Crippen LogP contribution in [0.5, 0.6) is 0 Å². The largest absolute Gasteiger partial charge is 0.379 e. The molecule has 0 radical (unpaired) electrons. The van der Waals surface area contributed by atoms with E-state index in [1.54, 1.807) is 0 Å². The average molecular weight is 453 g/mol. The Balaban J connectivity index is 0.00000288. The Kier molecular flexibility index (Phi) is 11.2. The number of halogens is 1. The molecule has 7 heteroatoms. The molecule has 1 atom stereocenters. The van der Waals surface area contributed by atoms with Gasteiger partial charge in [-0.1, -0.05) is 13.8 Å². The third-order valence-electron chi connectivity index (χ3n) is 4.65. The molecule has 2 aliphatic rings. The van der Waals surface area contributed by atoms with Crippen molar-refractivity contribution in [3.63, 3.8) is 0 Å². The average Bonchev–Trinajstić information content (AvgIpc) is 2.98. The Labute approximate surface area is 164 Å². The number of ether oxygens (including phenoxy) is 1. The van der Waals surface area contributed by atoms with Crippen LogP contribution < -0.4 is 10.6 Å². The summed E-state index contributed by atoms with van der Waals surface area (Å²) in [5.74, 6) is 1.66. The Bertz CT molecular complexity index is 361. The molecule has 0 aromatic rings. The molecule has 24 heavy (non-hydrogen) atoms. The molecule has 0 spiro atoms. The maximum atomic E-state index is 5.38. The summed E-state index contributed by atoms with van der Waals surface area (Å²) < 4.78 is 5.38. The van der Waals surface area contributed by atoms with Crippen molar-refractivity contribution in [1.29, 1.82) is 0 Å². The monoisotopic (exact) mass is 453 g/mol. The van der Waals surface area contributed by atoms with Gasteiger partial charge in [-0.3, -0.25) is 14.8 Å². The maximum absolute atomic E-state index is 5.38. The molecule has 0 saturated carbocycles. The van der Waals surface area contributed by atoms with Crippen LogP contribution in [-0.4, -0.2) is 87.9 Å². The van der Waals surface area contributed by atoms with Crippen molar-refractivity contribution in [2.24, 2.45) is 10.9 Å². The third kappa shape index (κ3) is 7.84. The second kappa shape index (κ2) is 12.3. The number of hydrogen-bond donors (Lipinski definition) is 2. The van der Waals surface area contributed by atoms with Crippen LogP contribution in [0, 0.1) is 5.92 Å². The van der Waals surface area contributed by atoms with E-state index in [9.17, 15) is 0 Å². The van der Waals surface area contributed by atoms with Crippen molar-refractivity contribution >= 4 is 29.9 Å². The fourth-order valence-electron chi connectivity index (χ4n) is 3.43. The molecule has 0 aliphatic carbocycles. The van der Waals surface area contributed by atoms with Crippen molar-refractivity contribution in [1.82, 2.24) is 20.4 Å². The highest BCUT2D eigenvalue weighted by molar-refractivity contribution is 14.0. The second-order valence-corrected chi connectivity index (χ2v) is 7.02. The lowest BCUT2D eigenvalue weighted by Gasteiger charge is -2.28. The van der Waals surface area contributed by atoms with Gasteiger partial charge in [-0.05, 0) is 25.3 Å². The molecule has 2 aliphatic heterocycles. The zero-order valence-electron chi connectivity index (χ0n) is 15.6. The molecule has 6 nitrogen and oxygen atoms in total. The Hall–Kier alpha value is -0.120. The van der Waals surface area contributed by atoms with Gasteiger partial charge < -0.3 is 15.4 Å². The molecule has 2 N–H and O–H groups in total. The predicted molar refractivity (Wildman–Crippen MR) is 111 cm³/mol. The Morgan fingerprint density at radius 2 is 1.96 bits per heavy atom. The number of rotatable bonds is 7. The zero-order valence-corrected chi connectivity index (χ0v) is 17.9. The lowest BCUT2D eigenvalue weighted by molar-refractivity contribution is 0.0389. The van der Waals surface area contributed by atoms with Crippen LogP contribution in [0.25, 0.3) is 0 Å². The molecule has 2 fully saturated rings. The van der Waals surface area contributed by atoms with E-state index in [0.29, 0.717) is 6.04 Å². The number of nitrogens with one attached hydrogen (secondary N) is 2. The molecule has 0 amide bonds. The fraction of sp³-hybridized carbons (Fsp3) is 0.941. The van der Waals surface area contributed by atoms with Crippen molar-refractivity contribution < 1.29 is 4.74 Å². The van der Waals surface area contributed by atoms with E-state index >= 15 is 0 Å². The number of morpholine rings is 1. The normalized spacial score (nSPS) is 23.3. The van der Waals surface area contributed by atoms with Gasteiger partial charge in [0.15, 0.2) is 5.96 Å². The smallest absolute Gasteiger partial charge is 0.191 e. The van der Waals surface area contributed by atoms with Gasteiger partial charge in [-0.15, -0.1) is 24.0 Å². The molecule has 0 aromatic heterocycles. The molecule has 2 rings (SSSR count). The lowest BCUT2D eigenvalue weighted by Crippen LogP contribution is -2.47. The molecular weight excluding hydrogens is 417 g/mol. The van der Waals surface area contributed by atoms with Crippen molar-refractivity contribution in [2.45, 2.75) is 32.7 Å². The summed E-state index contributed by atoms with van der Waals surface area (Å²) in [5.41, 5.74) is 0. The SMILES string of the molecule is CN=C(NCCN1CCOCC1)NC[C@@H]1CCCN1CC(C)C.I. The molecule has 142 valence electrons. The van der Waals surface area contributed by atoms with E-state index in [-0.39, 0.29) is 24.0 Å². The van der Waals surface area contributed by atoms with Crippen molar-refractivity contribution in [2.75, 3.05) is 66.1 Å². The van der Waals surface area contributed by atoms with Crippen LogP contribution >= 0.6 is 24.0 Å². The zero-order chi connectivity index (χ0) is 16.5. The first-order chi connectivity index (χ1) is 11.2. The quantitative estimate of drug-likeness (QED) is 0.345. The summed E-state index contributed by atoms with van der Waals surface area (Å²) in [4.78, 5) is 9.41. The molecule has 0 bridgehead atoms. The van der Waals surface area contributed by atoms with Gasteiger partial charge >= 0.3 is 0 Å². The summed E-state index contributed by atoms with van der Waals surface area (Å²) in [6.45, 7) is 13.8. The van der Waals surface area contributed by atoms with Gasteiger partial charge in [0.2, 0.25) is 0 Å². The van der Waals surface area contributed by atoms with Crippen LogP contribution in [-0.2, 0) is 4.74 Å². The minimum Gasteiger partial charge on any atom is -0.379 e. The van der Waals surface area contributed by atoms with Crippen LogP contribution in [0.1, 0.15) is 26.7 Å². The molecule has 0 aromatic carbocycles. The van der Waals surface area contributed by atoms with E-state index in [2.05, 4.69) is 39.3 Å². The van der Waals surface area contributed by atoms with Crippen LogP contribution in [0.3, 0.4) is 0 Å². The first kappa shape index (κ1) is 21.9. The van der Waals surface area contributed by atoms with Gasteiger partial charge in [0, 0.05) is 52.4 Å². The molecule has 2 heterocycles. The van der Waals surface area contributed by atoms with E-state index in [1.807, 2.05) is 7.05 Å². The van der Waals surface area contributed by atoms with E-state index in [1.165, 1.54) is 25.9 Å². The summed E-state index contributed by atoms with van der Waals surface area (Å²) in [6, 6.07) is 0.648. The first-order valence-electron chi connectivity index (χ1n) is 9.17. The number of hydrogen-bond acceptors (Lipinski definition) is 4. The number of nitrogens with zero attached hydrogens (tertiary/aromatic N) is 3. The second-order valence-electron chi connectivity index (χ2n) is 7.02. The topological polar surface area (TPSA) is 52.1 Å². The summed E-state index contributed by atoms with van der Waals surface area (Å²) in [7, 11) is 1.85. The number of guanidine groups is 1. The molecule has 2 saturated heterocycles. The number of likely N-dealkylation sites (tertiary alicyclic amines) is 1. The van der Waals surface area contributed by atoms with E-state index < -0.39 is 0 Å². The predicted octanol–water partition coefficient (Wildman–Crippen LogP) is 1.22. The van der Waals surface area contributed by atoms with Crippen molar-refractivity contribution in [3.8, 4) is 0 Å². The van der Waals surface area contributed by atoms with Gasteiger partial charge in [-0.25, -0.2) is 0 Å². The fourth-order valence-corrected chi connectivity index (χ4v) is 3.43. The van der Waals surface area contributed by atoms with E-state index in [4.69, 9.17) is 4.74 Å². The highest BCUT2D eigenvalue weighted by Gasteiger charge is 2.24. The van der Waals surface area contributed by atoms with Crippen LogP contribution in [0.15, 0.2) is 4.99 Å². The Morgan fingerprint density at radius 1 is 1.21 bits per heavy atom. The highest BCUT2D eigenvalue weighted by Crippen LogP contribution is 2.17. The van der Waals surface area contributed by atoms with Gasteiger partial charge in [-0.2, -0.15) is 0 Å². The van der Waals surface area contributed by atoms with Gasteiger partial charge in [0.05, 0.1) is 13.2 Å². The van der Waals surface area contributed by atoms with Crippen molar-refractivity contribution in [3.05, 3.63) is 0 Å². The Morgan fingerprint density at radius 3 is 2.62 bits per heavy atom. The molecular formula is C17H36IN5O. The van der Waals surface area contributed by atoms with E-state index in [0.717, 1.165) is 57.8 Å². The minimum absolute atomic E-state index is 0. The maximum Gasteiger partial charge on any atom is 0.191 e. The van der Waals surface area contributed by atoms with Gasteiger partial charge in [0.1, 0.15) is 0 Å². The highest BCUT2D eigenvalue weighted by atomic mass is 127. The standard InChI is InChI=1S/C17H35N5O.HI/c1-15(2)14-22-7-4-5-16(22)13-20-17(18-3)19-6-8-21-9-11-23-12-10-21;/h15-16H,4-14H2,1-3H3,(H2,18,19,20);1H/t16-;/m0./s1. The van der Waals surface area contributed by atoms with Crippen LogP contribution in [0.2, 0.25) is 0 Å². The molecule has 0 unspecified atom stereocenters.